The number of carbonyl (C=O) groups excluding carboxylic acids is 1. The van der Waals surface area contributed by atoms with Crippen LogP contribution in [0.2, 0.25) is 0 Å². The van der Waals surface area contributed by atoms with E-state index in [1.54, 1.807) is 23.5 Å². The molecule has 3 heterocycles. The van der Waals surface area contributed by atoms with Crippen LogP contribution >= 0.6 is 11.3 Å². The van der Waals surface area contributed by atoms with Gasteiger partial charge in [0.05, 0.1) is 6.04 Å². The fourth-order valence-corrected chi connectivity index (χ4v) is 3.47. The number of aryl methyl sites for hydroxylation is 1. The van der Waals surface area contributed by atoms with Gasteiger partial charge in [-0.15, -0.1) is 11.3 Å². The summed E-state index contributed by atoms with van der Waals surface area (Å²) in [4.78, 5) is 15.6. The fraction of sp³-hybridized carbons (Fsp3) is 0.312. The Bertz CT molecular complexity index is 612. The average molecular weight is 287 g/mol. The van der Waals surface area contributed by atoms with Crippen molar-refractivity contribution in [1.29, 1.82) is 0 Å². The summed E-state index contributed by atoms with van der Waals surface area (Å²) in [6, 6.07) is 8.17. The van der Waals surface area contributed by atoms with Gasteiger partial charge >= 0.3 is 0 Å². The van der Waals surface area contributed by atoms with E-state index in [-0.39, 0.29) is 11.9 Å². The summed E-state index contributed by atoms with van der Waals surface area (Å²) in [5, 5.41) is 2.07. The third-order valence-electron chi connectivity index (χ3n) is 3.56. The number of furan rings is 1. The maximum atomic E-state index is 12.3. The van der Waals surface area contributed by atoms with Gasteiger partial charge in [-0.2, -0.15) is 0 Å². The predicted molar refractivity (Wildman–Crippen MR) is 80.5 cm³/mol. The SMILES string of the molecule is Cc1ccc(/C=C/C(=O)N2CCCC2c2cccs2)o1. The molecule has 0 N–H and O–H groups in total. The average Bonchev–Trinajstić information content (AvgIpc) is 3.16. The van der Waals surface area contributed by atoms with E-state index in [2.05, 4.69) is 11.4 Å². The Morgan fingerprint density at radius 3 is 3.05 bits per heavy atom. The monoisotopic (exact) mass is 287 g/mol. The van der Waals surface area contributed by atoms with Gasteiger partial charge in [0.2, 0.25) is 5.91 Å². The van der Waals surface area contributed by atoms with Gasteiger partial charge < -0.3 is 9.32 Å². The van der Waals surface area contributed by atoms with Crippen LogP contribution in [0.4, 0.5) is 0 Å². The van der Waals surface area contributed by atoms with Crippen LogP contribution in [0.15, 0.2) is 40.1 Å². The Morgan fingerprint density at radius 2 is 2.35 bits per heavy atom. The van der Waals surface area contributed by atoms with Crippen molar-refractivity contribution in [1.82, 2.24) is 4.90 Å². The number of hydrogen-bond donors (Lipinski definition) is 0. The summed E-state index contributed by atoms with van der Waals surface area (Å²) in [5.74, 6) is 1.65. The quantitative estimate of drug-likeness (QED) is 0.799. The van der Waals surface area contributed by atoms with Crippen LogP contribution < -0.4 is 0 Å². The highest BCUT2D eigenvalue weighted by Gasteiger charge is 2.29. The van der Waals surface area contributed by atoms with Gasteiger partial charge in [-0.25, -0.2) is 0 Å². The molecule has 3 nitrogen and oxygen atoms in total. The molecular weight excluding hydrogens is 270 g/mol. The molecular formula is C16H17NO2S. The highest BCUT2D eigenvalue weighted by atomic mass is 32.1. The molecule has 1 atom stereocenters. The molecule has 1 fully saturated rings. The second-order valence-corrected chi connectivity index (χ2v) is 5.97. The largest absolute Gasteiger partial charge is 0.462 e. The maximum Gasteiger partial charge on any atom is 0.247 e. The molecule has 0 spiro atoms. The molecule has 3 rings (SSSR count). The molecule has 1 saturated heterocycles. The Balaban J connectivity index is 1.71. The van der Waals surface area contributed by atoms with E-state index in [9.17, 15) is 4.79 Å². The second kappa shape index (κ2) is 5.67. The van der Waals surface area contributed by atoms with E-state index >= 15 is 0 Å². The first-order valence-electron chi connectivity index (χ1n) is 6.82. The maximum absolute atomic E-state index is 12.3. The lowest BCUT2D eigenvalue weighted by Crippen LogP contribution is -2.28. The Kier molecular flexibility index (Phi) is 3.74. The number of likely N-dealkylation sites (tertiary alicyclic amines) is 1. The minimum atomic E-state index is 0.0648. The van der Waals surface area contributed by atoms with Crippen molar-refractivity contribution in [3.8, 4) is 0 Å². The predicted octanol–water partition coefficient (Wildman–Crippen LogP) is 4.03. The van der Waals surface area contributed by atoms with Gasteiger partial charge in [0, 0.05) is 17.5 Å². The fourth-order valence-electron chi connectivity index (χ4n) is 2.60. The highest BCUT2D eigenvalue weighted by Crippen LogP contribution is 2.34. The number of amides is 1. The van der Waals surface area contributed by atoms with E-state index in [1.807, 2.05) is 30.0 Å². The van der Waals surface area contributed by atoms with Crippen LogP contribution in [0, 0.1) is 6.92 Å². The van der Waals surface area contributed by atoms with Crippen LogP contribution in [0.25, 0.3) is 6.08 Å². The van der Waals surface area contributed by atoms with Crippen molar-refractivity contribution in [2.75, 3.05) is 6.54 Å². The molecule has 1 aliphatic rings. The van der Waals surface area contributed by atoms with Gasteiger partial charge in [-0.1, -0.05) is 6.07 Å². The van der Waals surface area contributed by atoms with Gasteiger partial charge in [0.1, 0.15) is 11.5 Å². The molecule has 104 valence electrons. The molecule has 20 heavy (non-hydrogen) atoms. The summed E-state index contributed by atoms with van der Waals surface area (Å²) in [6.45, 7) is 2.73. The van der Waals surface area contributed by atoms with Crippen molar-refractivity contribution in [2.24, 2.45) is 0 Å². The van der Waals surface area contributed by atoms with Crippen LogP contribution in [0.5, 0.6) is 0 Å². The zero-order valence-corrected chi connectivity index (χ0v) is 12.2. The molecule has 2 aromatic rings. The number of carbonyl (C=O) groups is 1. The van der Waals surface area contributed by atoms with E-state index in [1.165, 1.54) is 4.88 Å². The summed E-state index contributed by atoms with van der Waals surface area (Å²) in [5.41, 5.74) is 0. The number of thiophene rings is 1. The summed E-state index contributed by atoms with van der Waals surface area (Å²) in [6.07, 6.45) is 5.49. The van der Waals surface area contributed by atoms with Crippen LogP contribution in [0.1, 0.15) is 35.3 Å². The normalized spacial score (nSPS) is 19.1. The molecule has 0 saturated carbocycles. The molecule has 0 radical (unpaired) electrons. The van der Waals surface area contributed by atoms with Gasteiger partial charge in [0.25, 0.3) is 0 Å². The number of rotatable bonds is 3. The van der Waals surface area contributed by atoms with Crippen LogP contribution in [-0.2, 0) is 4.79 Å². The molecule has 2 aromatic heterocycles. The minimum absolute atomic E-state index is 0.0648. The first kappa shape index (κ1) is 13.2. The zero-order chi connectivity index (χ0) is 13.9. The Labute approximate surface area is 122 Å². The minimum Gasteiger partial charge on any atom is -0.462 e. The first-order valence-corrected chi connectivity index (χ1v) is 7.70. The molecule has 4 heteroatoms. The van der Waals surface area contributed by atoms with Crippen molar-refractivity contribution < 1.29 is 9.21 Å². The molecule has 0 aliphatic carbocycles. The lowest BCUT2D eigenvalue weighted by atomic mass is 10.2. The Hall–Kier alpha value is -1.81. The molecule has 0 bridgehead atoms. The van der Waals surface area contributed by atoms with Crippen molar-refractivity contribution >= 4 is 23.3 Å². The van der Waals surface area contributed by atoms with E-state index < -0.39 is 0 Å². The van der Waals surface area contributed by atoms with E-state index in [0.29, 0.717) is 0 Å². The summed E-state index contributed by atoms with van der Waals surface area (Å²) >= 11 is 1.72. The standard InChI is InChI=1S/C16H17NO2S/c1-12-6-7-13(19-12)8-9-16(18)17-10-2-4-14(17)15-5-3-11-20-15/h3,5-9,11,14H,2,4,10H2,1H3/b9-8+. The van der Waals surface area contributed by atoms with E-state index in [4.69, 9.17) is 4.42 Å². The number of nitrogens with zero attached hydrogens (tertiary/aromatic N) is 1. The van der Waals surface area contributed by atoms with Crippen LogP contribution in [0.3, 0.4) is 0 Å². The topological polar surface area (TPSA) is 33.5 Å². The van der Waals surface area contributed by atoms with Crippen molar-refractivity contribution in [3.63, 3.8) is 0 Å². The van der Waals surface area contributed by atoms with Crippen molar-refractivity contribution in [3.05, 3.63) is 52.1 Å². The van der Waals surface area contributed by atoms with Gasteiger partial charge in [-0.3, -0.25) is 4.79 Å². The summed E-state index contributed by atoms with van der Waals surface area (Å²) < 4.78 is 5.44. The molecule has 1 unspecified atom stereocenters. The van der Waals surface area contributed by atoms with Crippen LogP contribution in [-0.4, -0.2) is 17.4 Å². The van der Waals surface area contributed by atoms with Gasteiger partial charge in [0.15, 0.2) is 0 Å². The lowest BCUT2D eigenvalue weighted by molar-refractivity contribution is -0.126. The highest BCUT2D eigenvalue weighted by molar-refractivity contribution is 7.10. The first-order chi connectivity index (χ1) is 9.74. The third kappa shape index (κ3) is 2.70. The number of hydrogen-bond acceptors (Lipinski definition) is 3. The third-order valence-corrected chi connectivity index (χ3v) is 4.53. The smallest absolute Gasteiger partial charge is 0.247 e. The molecule has 0 aromatic carbocycles. The zero-order valence-electron chi connectivity index (χ0n) is 11.4. The molecule has 1 aliphatic heterocycles. The van der Waals surface area contributed by atoms with Crippen molar-refractivity contribution in [2.45, 2.75) is 25.8 Å². The second-order valence-electron chi connectivity index (χ2n) is 4.99. The molecule has 1 amide bonds. The van der Waals surface area contributed by atoms with E-state index in [0.717, 1.165) is 30.9 Å². The Morgan fingerprint density at radius 1 is 1.45 bits per heavy atom. The lowest BCUT2D eigenvalue weighted by Gasteiger charge is -2.22. The van der Waals surface area contributed by atoms with Gasteiger partial charge in [-0.05, 0) is 49.4 Å². The summed E-state index contributed by atoms with van der Waals surface area (Å²) in [7, 11) is 0.